The number of nitrogens with zero attached hydrogens (tertiary/aromatic N) is 1. The van der Waals surface area contributed by atoms with Gasteiger partial charge in [-0.3, -0.25) is 4.79 Å². The summed E-state index contributed by atoms with van der Waals surface area (Å²) >= 11 is 0. The van der Waals surface area contributed by atoms with Gasteiger partial charge in [0.05, 0.1) is 6.54 Å². The van der Waals surface area contributed by atoms with Gasteiger partial charge in [0.1, 0.15) is 0 Å². The van der Waals surface area contributed by atoms with Crippen LogP contribution in [0.15, 0.2) is 23.3 Å². The highest BCUT2D eigenvalue weighted by atomic mass is 16.2. The first kappa shape index (κ1) is 20.5. The number of rotatable bonds is 4. The van der Waals surface area contributed by atoms with Gasteiger partial charge in [-0.2, -0.15) is 5.10 Å². The third-order valence-electron chi connectivity index (χ3n) is 5.09. The van der Waals surface area contributed by atoms with Gasteiger partial charge in [0.2, 0.25) is 0 Å². The molecule has 0 radical (unpaired) electrons. The Morgan fingerprint density at radius 2 is 1.50 bits per heavy atom. The van der Waals surface area contributed by atoms with Crippen LogP contribution in [0.2, 0.25) is 0 Å². The minimum atomic E-state index is -0.0800. The zero-order valence-electron chi connectivity index (χ0n) is 16.6. The van der Waals surface area contributed by atoms with Crippen LogP contribution in [-0.2, 0) is 4.79 Å². The topological polar surface area (TPSA) is 53.5 Å². The predicted molar refractivity (Wildman–Crippen MR) is 111 cm³/mol. The van der Waals surface area contributed by atoms with Gasteiger partial charge in [-0.1, -0.05) is 62.6 Å². The lowest BCUT2D eigenvalue weighted by molar-refractivity contribution is -0.119. The van der Waals surface area contributed by atoms with E-state index in [2.05, 4.69) is 41.8 Å². The molecule has 1 aliphatic carbocycles. The van der Waals surface area contributed by atoms with Crippen LogP contribution in [0.5, 0.6) is 0 Å². The van der Waals surface area contributed by atoms with Crippen LogP contribution < -0.4 is 10.7 Å². The molecule has 26 heavy (non-hydrogen) atoms. The number of aryl methyl sites for hydroxylation is 2. The molecule has 144 valence electrons. The van der Waals surface area contributed by atoms with Crippen molar-refractivity contribution in [3.05, 3.63) is 29.3 Å². The number of anilines is 1. The molecule has 0 heterocycles. The number of hydrazone groups is 1. The summed E-state index contributed by atoms with van der Waals surface area (Å²) in [6.45, 7) is 4.38. The first-order valence-electron chi connectivity index (χ1n) is 10.3. The summed E-state index contributed by atoms with van der Waals surface area (Å²) < 4.78 is 0. The highest BCUT2D eigenvalue weighted by molar-refractivity contribution is 5.87. The largest absolute Gasteiger partial charge is 0.376 e. The van der Waals surface area contributed by atoms with Crippen molar-refractivity contribution < 1.29 is 4.79 Å². The van der Waals surface area contributed by atoms with Crippen LogP contribution in [0.4, 0.5) is 5.69 Å². The molecule has 0 bridgehead atoms. The van der Waals surface area contributed by atoms with E-state index in [1.807, 2.05) is 6.07 Å². The van der Waals surface area contributed by atoms with E-state index in [9.17, 15) is 4.79 Å². The minimum Gasteiger partial charge on any atom is -0.376 e. The number of benzene rings is 1. The Balaban J connectivity index is 1.79. The van der Waals surface area contributed by atoms with Gasteiger partial charge >= 0.3 is 0 Å². The van der Waals surface area contributed by atoms with Crippen molar-refractivity contribution in [3.8, 4) is 0 Å². The maximum Gasteiger partial charge on any atom is 0.259 e. The van der Waals surface area contributed by atoms with Crippen molar-refractivity contribution in [1.29, 1.82) is 0 Å². The Morgan fingerprint density at radius 3 is 2.08 bits per heavy atom. The molecular weight excluding hydrogens is 322 g/mol. The first-order valence-corrected chi connectivity index (χ1v) is 10.3. The van der Waals surface area contributed by atoms with E-state index in [-0.39, 0.29) is 12.5 Å². The normalized spacial score (nSPS) is 16.9. The van der Waals surface area contributed by atoms with Gasteiger partial charge in [0.15, 0.2) is 0 Å². The number of hydrogen-bond donors (Lipinski definition) is 2. The molecule has 1 saturated carbocycles. The molecule has 1 aliphatic rings. The predicted octanol–water partition coefficient (Wildman–Crippen LogP) is 5.49. The summed E-state index contributed by atoms with van der Waals surface area (Å²) in [7, 11) is 0. The van der Waals surface area contributed by atoms with Crippen molar-refractivity contribution in [2.24, 2.45) is 5.10 Å². The van der Waals surface area contributed by atoms with Crippen LogP contribution in [0, 0.1) is 13.8 Å². The Hall–Kier alpha value is -1.84. The Bertz CT molecular complexity index is 581. The fraction of sp³-hybridized carbons (Fsp3) is 0.636. The lowest BCUT2D eigenvalue weighted by Crippen LogP contribution is -2.27. The molecule has 0 aromatic heterocycles. The van der Waals surface area contributed by atoms with Crippen molar-refractivity contribution >= 4 is 17.3 Å². The fourth-order valence-electron chi connectivity index (χ4n) is 3.50. The summed E-state index contributed by atoms with van der Waals surface area (Å²) in [4.78, 5) is 12.1. The third kappa shape index (κ3) is 8.03. The van der Waals surface area contributed by atoms with Gasteiger partial charge in [0.25, 0.3) is 5.91 Å². The molecule has 2 N–H and O–H groups in total. The maximum atomic E-state index is 12.1. The third-order valence-corrected chi connectivity index (χ3v) is 5.09. The van der Waals surface area contributed by atoms with Crippen molar-refractivity contribution in [1.82, 2.24) is 5.43 Å². The molecule has 1 fully saturated rings. The molecule has 0 aliphatic heterocycles. The van der Waals surface area contributed by atoms with E-state index in [1.54, 1.807) is 0 Å². The molecule has 1 aromatic carbocycles. The number of nitrogens with one attached hydrogen (secondary N) is 2. The van der Waals surface area contributed by atoms with Crippen LogP contribution >= 0.6 is 0 Å². The zero-order valence-corrected chi connectivity index (χ0v) is 16.6. The van der Waals surface area contributed by atoms with E-state index in [1.165, 1.54) is 63.4 Å². The molecule has 4 heteroatoms. The molecule has 0 saturated heterocycles. The average Bonchev–Trinajstić information content (AvgIpc) is 2.60. The van der Waals surface area contributed by atoms with Crippen LogP contribution in [0.3, 0.4) is 0 Å². The van der Waals surface area contributed by atoms with Gasteiger partial charge in [-0.05, 0) is 51.2 Å². The second-order valence-electron chi connectivity index (χ2n) is 7.57. The summed E-state index contributed by atoms with van der Waals surface area (Å²) in [5.41, 5.74) is 7.30. The Labute approximate surface area is 158 Å². The highest BCUT2D eigenvalue weighted by Gasteiger charge is 2.06. The van der Waals surface area contributed by atoms with Gasteiger partial charge < -0.3 is 5.32 Å². The molecule has 0 spiro atoms. The van der Waals surface area contributed by atoms with Crippen LogP contribution in [0.1, 0.15) is 81.8 Å². The van der Waals surface area contributed by atoms with Crippen LogP contribution in [-0.4, -0.2) is 18.2 Å². The van der Waals surface area contributed by atoms with Crippen molar-refractivity contribution in [3.63, 3.8) is 0 Å². The van der Waals surface area contributed by atoms with E-state index in [0.717, 1.165) is 29.8 Å². The molecule has 0 unspecified atom stereocenters. The lowest BCUT2D eigenvalue weighted by atomic mass is 10.00. The Kier molecular flexibility index (Phi) is 9.22. The average molecular weight is 358 g/mol. The van der Waals surface area contributed by atoms with E-state index >= 15 is 0 Å². The summed E-state index contributed by atoms with van der Waals surface area (Å²) in [6, 6.07) is 6.19. The quantitative estimate of drug-likeness (QED) is 0.700. The standard InChI is InChI=1S/C22H35N3O/c1-18-14-15-21(19(2)16-18)23-17-22(26)25-24-20-12-10-8-6-4-3-5-7-9-11-13-20/h14-16,23H,3-13,17H2,1-2H3,(H,25,26). The molecule has 0 atom stereocenters. The molecule has 1 amide bonds. The van der Waals surface area contributed by atoms with Gasteiger partial charge in [0, 0.05) is 11.4 Å². The zero-order chi connectivity index (χ0) is 18.6. The van der Waals surface area contributed by atoms with E-state index in [4.69, 9.17) is 0 Å². The maximum absolute atomic E-state index is 12.1. The van der Waals surface area contributed by atoms with Gasteiger partial charge in [-0.15, -0.1) is 0 Å². The second-order valence-corrected chi connectivity index (χ2v) is 7.57. The fourth-order valence-corrected chi connectivity index (χ4v) is 3.50. The first-order chi connectivity index (χ1) is 12.6. The minimum absolute atomic E-state index is 0.0800. The number of amides is 1. The van der Waals surface area contributed by atoms with Crippen LogP contribution in [0.25, 0.3) is 0 Å². The monoisotopic (exact) mass is 357 g/mol. The number of carbonyl (C=O) groups is 1. The smallest absolute Gasteiger partial charge is 0.259 e. The molecule has 1 aromatic rings. The number of hydrogen-bond acceptors (Lipinski definition) is 3. The van der Waals surface area contributed by atoms with E-state index in [0.29, 0.717) is 0 Å². The second kappa shape index (κ2) is 11.7. The molecule has 2 rings (SSSR count). The van der Waals surface area contributed by atoms with E-state index < -0.39 is 0 Å². The Morgan fingerprint density at radius 1 is 0.923 bits per heavy atom. The molecule has 4 nitrogen and oxygen atoms in total. The van der Waals surface area contributed by atoms with Crippen molar-refractivity contribution in [2.75, 3.05) is 11.9 Å². The summed E-state index contributed by atoms with van der Waals surface area (Å²) in [5.74, 6) is -0.0800. The highest BCUT2D eigenvalue weighted by Crippen LogP contribution is 2.16. The number of carbonyl (C=O) groups excluding carboxylic acids is 1. The summed E-state index contributed by atoms with van der Waals surface area (Å²) in [6.07, 6.45) is 13.8. The molecular formula is C22H35N3O. The van der Waals surface area contributed by atoms with Crippen molar-refractivity contribution in [2.45, 2.75) is 84.5 Å². The summed E-state index contributed by atoms with van der Waals surface area (Å²) in [5, 5.41) is 7.64. The van der Waals surface area contributed by atoms with Gasteiger partial charge in [-0.25, -0.2) is 5.43 Å². The lowest BCUT2D eigenvalue weighted by Gasteiger charge is -2.11. The SMILES string of the molecule is Cc1ccc(NCC(=O)NN=C2CCCCCCCCCCC2)c(C)c1.